The van der Waals surface area contributed by atoms with Gasteiger partial charge in [0.25, 0.3) is 5.91 Å². The number of nitrogens with one attached hydrogen (secondary N) is 2. The molecule has 1 aromatic carbocycles. The maximum atomic E-state index is 12.9. The molecule has 0 aliphatic rings. The molecule has 0 unspecified atom stereocenters. The maximum Gasteiger partial charge on any atom is 0.270 e. The van der Waals surface area contributed by atoms with Gasteiger partial charge in [0, 0.05) is 25.7 Å². The van der Waals surface area contributed by atoms with Crippen molar-refractivity contribution in [2.75, 3.05) is 32.5 Å². The molecule has 2 rings (SSSR count). The van der Waals surface area contributed by atoms with Gasteiger partial charge in [-0.15, -0.1) is 0 Å². The molecule has 1 amide bonds. The molecular weight excluding hydrogens is 297 g/mol. The first-order chi connectivity index (χ1) is 11.0. The number of carbonyl (C=O) groups excluding carboxylic acids is 1. The van der Waals surface area contributed by atoms with Gasteiger partial charge in [0.05, 0.1) is 0 Å². The summed E-state index contributed by atoms with van der Waals surface area (Å²) < 4.78 is 12.9. The van der Waals surface area contributed by atoms with E-state index in [-0.39, 0.29) is 11.7 Å². The minimum absolute atomic E-state index is 0.237. The Kier molecular flexibility index (Phi) is 5.99. The van der Waals surface area contributed by atoms with Crippen LogP contribution in [0.5, 0.6) is 0 Å². The van der Waals surface area contributed by atoms with Crippen molar-refractivity contribution in [2.45, 2.75) is 6.54 Å². The van der Waals surface area contributed by atoms with Gasteiger partial charge in [0.15, 0.2) is 0 Å². The van der Waals surface area contributed by atoms with Gasteiger partial charge in [-0.2, -0.15) is 0 Å². The lowest BCUT2D eigenvalue weighted by Crippen LogP contribution is -2.31. The van der Waals surface area contributed by atoms with Gasteiger partial charge in [-0.25, -0.2) is 14.4 Å². The fraction of sp³-hybridized carbons (Fsp3) is 0.312. The first kappa shape index (κ1) is 16.8. The monoisotopic (exact) mass is 317 g/mol. The number of carbonyl (C=O) groups is 1. The number of likely N-dealkylation sites (N-methyl/N-ethyl adjacent to an activating group) is 1. The Morgan fingerprint density at radius 2 is 1.96 bits per heavy atom. The molecule has 122 valence electrons. The zero-order valence-corrected chi connectivity index (χ0v) is 13.2. The first-order valence-electron chi connectivity index (χ1n) is 7.28. The molecule has 0 fully saturated rings. The van der Waals surface area contributed by atoms with E-state index >= 15 is 0 Å². The molecule has 1 heterocycles. The van der Waals surface area contributed by atoms with E-state index in [2.05, 4.69) is 20.6 Å². The largest absolute Gasteiger partial charge is 0.366 e. The van der Waals surface area contributed by atoms with E-state index in [1.807, 2.05) is 19.0 Å². The summed E-state index contributed by atoms with van der Waals surface area (Å²) in [6.07, 6.45) is 1.34. The van der Waals surface area contributed by atoms with Gasteiger partial charge in [-0.05, 0) is 31.8 Å². The summed E-state index contributed by atoms with van der Waals surface area (Å²) in [4.78, 5) is 22.0. The number of hydrogen-bond acceptors (Lipinski definition) is 5. The third-order valence-electron chi connectivity index (χ3n) is 3.13. The zero-order valence-electron chi connectivity index (χ0n) is 13.2. The highest BCUT2D eigenvalue weighted by atomic mass is 19.1. The summed E-state index contributed by atoms with van der Waals surface area (Å²) in [5.41, 5.74) is 1.22. The average Bonchev–Trinajstić information content (AvgIpc) is 2.54. The number of benzene rings is 1. The second kappa shape index (κ2) is 8.19. The summed E-state index contributed by atoms with van der Waals surface area (Å²) >= 11 is 0. The van der Waals surface area contributed by atoms with Crippen LogP contribution in [0.25, 0.3) is 0 Å². The summed E-state index contributed by atoms with van der Waals surface area (Å²) in [5, 5.41) is 5.89. The van der Waals surface area contributed by atoms with E-state index in [0.717, 1.165) is 12.1 Å². The van der Waals surface area contributed by atoms with Crippen LogP contribution in [0, 0.1) is 5.82 Å². The average molecular weight is 317 g/mol. The highest BCUT2D eigenvalue weighted by molar-refractivity contribution is 5.92. The van der Waals surface area contributed by atoms with E-state index < -0.39 is 0 Å². The number of hydrogen-bond donors (Lipinski definition) is 2. The second-order valence-corrected chi connectivity index (χ2v) is 5.33. The Bertz CT molecular complexity index is 645. The van der Waals surface area contributed by atoms with Crippen molar-refractivity contribution >= 4 is 11.7 Å². The lowest BCUT2D eigenvalue weighted by molar-refractivity contribution is 0.0946. The van der Waals surface area contributed by atoms with Crippen LogP contribution in [-0.4, -0.2) is 48.0 Å². The van der Waals surface area contributed by atoms with Crippen LogP contribution < -0.4 is 10.6 Å². The molecule has 0 aliphatic carbocycles. The van der Waals surface area contributed by atoms with Crippen molar-refractivity contribution < 1.29 is 9.18 Å². The Labute approximate surface area is 134 Å². The first-order valence-corrected chi connectivity index (χ1v) is 7.28. The van der Waals surface area contributed by atoms with Crippen LogP contribution in [0.15, 0.2) is 36.7 Å². The van der Waals surface area contributed by atoms with Crippen LogP contribution in [-0.2, 0) is 6.54 Å². The Morgan fingerprint density at radius 1 is 1.22 bits per heavy atom. The van der Waals surface area contributed by atoms with Gasteiger partial charge in [0.1, 0.15) is 23.7 Å². The molecule has 2 N–H and O–H groups in total. The summed E-state index contributed by atoms with van der Waals surface area (Å²) in [5.74, 6) is 0.0358. The Balaban J connectivity index is 1.91. The van der Waals surface area contributed by atoms with Crippen molar-refractivity contribution in [3.63, 3.8) is 0 Å². The van der Waals surface area contributed by atoms with E-state index in [1.54, 1.807) is 18.2 Å². The van der Waals surface area contributed by atoms with E-state index in [0.29, 0.717) is 24.6 Å². The molecule has 23 heavy (non-hydrogen) atoms. The summed E-state index contributed by atoms with van der Waals surface area (Å²) in [6.45, 7) is 1.79. The SMILES string of the molecule is CN(C)CCNC(=O)c1cc(NCc2ccc(F)cc2)ncn1. The number of rotatable bonds is 7. The lowest BCUT2D eigenvalue weighted by Gasteiger charge is -2.10. The Hall–Kier alpha value is -2.54. The number of aromatic nitrogens is 2. The van der Waals surface area contributed by atoms with Crippen molar-refractivity contribution in [1.82, 2.24) is 20.2 Å². The molecule has 0 aliphatic heterocycles. The smallest absolute Gasteiger partial charge is 0.270 e. The molecule has 7 heteroatoms. The lowest BCUT2D eigenvalue weighted by atomic mass is 10.2. The minimum Gasteiger partial charge on any atom is -0.366 e. The molecule has 0 saturated carbocycles. The maximum absolute atomic E-state index is 12.9. The van der Waals surface area contributed by atoms with Crippen molar-refractivity contribution in [3.8, 4) is 0 Å². The molecule has 6 nitrogen and oxygen atoms in total. The van der Waals surface area contributed by atoms with Crippen LogP contribution >= 0.6 is 0 Å². The van der Waals surface area contributed by atoms with E-state index in [4.69, 9.17) is 0 Å². The van der Waals surface area contributed by atoms with Gasteiger partial charge in [-0.1, -0.05) is 12.1 Å². The van der Waals surface area contributed by atoms with Crippen LogP contribution in [0.4, 0.5) is 10.2 Å². The molecule has 0 saturated heterocycles. The third-order valence-corrected chi connectivity index (χ3v) is 3.13. The van der Waals surface area contributed by atoms with Crippen molar-refractivity contribution in [2.24, 2.45) is 0 Å². The van der Waals surface area contributed by atoms with Crippen LogP contribution in [0.2, 0.25) is 0 Å². The predicted octanol–water partition coefficient (Wildman–Crippen LogP) is 1.52. The van der Waals surface area contributed by atoms with Gasteiger partial charge >= 0.3 is 0 Å². The van der Waals surface area contributed by atoms with Gasteiger partial charge in [0.2, 0.25) is 0 Å². The standard InChI is InChI=1S/C16H20FN5O/c1-22(2)8-7-18-16(23)14-9-15(21-11-20-14)19-10-12-3-5-13(17)6-4-12/h3-6,9,11H,7-8,10H2,1-2H3,(H,18,23)(H,19,20,21). The highest BCUT2D eigenvalue weighted by Gasteiger charge is 2.08. The summed E-state index contributed by atoms with van der Waals surface area (Å²) in [7, 11) is 3.88. The van der Waals surface area contributed by atoms with Crippen molar-refractivity contribution in [1.29, 1.82) is 0 Å². The fourth-order valence-electron chi connectivity index (χ4n) is 1.86. The number of nitrogens with zero attached hydrogens (tertiary/aromatic N) is 3. The third kappa shape index (κ3) is 5.63. The van der Waals surface area contributed by atoms with Crippen LogP contribution in [0.1, 0.15) is 16.1 Å². The van der Waals surface area contributed by atoms with Gasteiger partial charge < -0.3 is 15.5 Å². The molecule has 0 radical (unpaired) electrons. The number of halogens is 1. The van der Waals surface area contributed by atoms with E-state index in [9.17, 15) is 9.18 Å². The molecule has 0 atom stereocenters. The topological polar surface area (TPSA) is 70.2 Å². The zero-order chi connectivity index (χ0) is 16.7. The normalized spacial score (nSPS) is 10.6. The van der Waals surface area contributed by atoms with Gasteiger partial charge in [-0.3, -0.25) is 4.79 Å². The minimum atomic E-state index is -0.271. The molecule has 1 aromatic heterocycles. The molecule has 0 spiro atoms. The predicted molar refractivity (Wildman–Crippen MR) is 86.6 cm³/mol. The second-order valence-electron chi connectivity index (χ2n) is 5.33. The Morgan fingerprint density at radius 3 is 2.65 bits per heavy atom. The quantitative estimate of drug-likeness (QED) is 0.810. The fourth-order valence-corrected chi connectivity index (χ4v) is 1.86. The molecule has 0 bridgehead atoms. The van der Waals surface area contributed by atoms with E-state index in [1.165, 1.54) is 18.5 Å². The summed E-state index contributed by atoms with van der Waals surface area (Å²) in [6, 6.07) is 7.78. The molecular formula is C16H20FN5O. The highest BCUT2D eigenvalue weighted by Crippen LogP contribution is 2.08. The molecule has 2 aromatic rings. The van der Waals surface area contributed by atoms with Crippen LogP contribution in [0.3, 0.4) is 0 Å². The van der Waals surface area contributed by atoms with Crippen molar-refractivity contribution in [3.05, 3.63) is 53.7 Å². The number of anilines is 1. The number of amides is 1.